The second-order valence-electron chi connectivity index (χ2n) is 12.8. The zero-order chi connectivity index (χ0) is 35.4. The maximum Gasteiger partial charge on any atom is 0.267 e. The van der Waals surface area contributed by atoms with Gasteiger partial charge in [0.05, 0.1) is 17.9 Å². The molecule has 2 atom stereocenters. The third-order valence-electron chi connectivity index (χ3n) is 8.14. The lowest BCUT2D eigenvalue weighted by Crippen LogP contribution is -2.46. The first-order chi connectivity index (χ1) is 23.3. The van der Waals surface area contributed by atoms with E-state index in [-0.39, 0.29) is 12.3 Å². The predicted molar refractivity (Wildman–Crippen MR) is 207 cm³/mol. The van der Waals surface area contributed by atoms with Gasteiger partial charge in [0, 0.05) is 6.42 Å². The van der Waals surface area contributed by atoms with Crippen LogP contribution in [0.3, 0.4) is 0 Å². The highest BCUT2D eigenvalue weighted by atomic mass is 32.2. The van der Waals surface area contributed by atoms with Crippen LogP contribution in [0, 0.1) is 0 Å². The second-order valence-corrected chi connectivity index (χ2v) is 14.3. The SMILES string of the molecule is CC/C=C\C/C=C\C/C=C\C/C=C\C/C=C\CCCC(=O)NC(CS(=O)(=O)O)C(O)/C=C/CCCCCCCCCCCCCCCC. The number of allylic oxidation sites excluding steroid dienone is 11. The number of amides is 1. The monoisotopic (exact) mass is 690 g/mol. The van der Waals surface area contributed by atoms with Gasteiger partial charge in [0.25, 0.3) is 10.1 Å². The van der Waals surface area contributed by atoms with Crippen molar-refractivity contribution < 1.29 is 22.9 Å². The standard InChI is InChI=1S/C41H71NO5S/c1-3-5-7-9-11-13-15-17-19-21-23-25-27-29-31-33-35-37-41(44)42-39(38-48(45,46)47)40(43)36-34-32-30-28-26-24-22-20-18-16-14-12-10-8-6-4-2/h5,7,11,13,17,19,23,25,29,31,34,36,39-40,43H,3-4,6,8-10,12,14-16,18,20-22,24,26-28,30,32-33,35,37-38H2,1-2H3,(H,42,44)(H,45,46,47)/b7-5-,13-11-,19-17-,25-23-,31-29-,36-34+. The van der Waals surface area contributed by atoms with Crippen molar-refractivity contribution in [1.82, 2.24) is 5.32 Å². The molecule has 0 aromatic rings. The van der Waals surface area contributed by atoms with Crippen LogP contribution in [0.4, 0.5) is 0 Å². The van der Waals surface area contributed by atoms with Crippen molar-refractivity contribution in [2.24, 2.45) is 0 Å². The van der Waals surface area contributed by atoms with Crippen LogP contribution in [-0.4, -0.2) is 41.9 Å². The Balaban J connectivity index is 4.10. The molecule has 2 unspecified atom stereocenters. The molecule has 0 aliphatic heterocycles. The van der Waals surface area contributed by atoms with Crippen molar-refractivity contribution in [2.75, 3.05) is 5.75 Å². The topological polar surface area (TPSA) is 104 Å². The van der Waals surface area contributed by atoms with Gasteiger partial charge >= 0.3 is 0 Å². The Morgan fingerprint density at radius 2 is 1.00 bits per heavy atom. The van der Waals surface area contributed by atoms with E-state index in [2.05, 4.69) is 73.8 Å². The molecule has 0 aromatic heterocycles. The smallest absolute Gasteiger partial charge is 0.267 e. The molecular formula is C41H71NO5S. The minimum Gasteiger partial charge on any atom is -0.387 e. The van der Waals surface area contributed by atoms with E-state index in [4.69, 9.17) is 0 Å². The zero-order valence-corrected chi connectivity index (χ0v) is 31.4. The van der Waals surface area contributed by atoms with Gasteiger partial charge in [-0.1, -0.05) is 170 Å². The third kappa shape index (κ3) is 35.1. The van der Waals surface area contributed by atoms with Gasteiger partial charge in [0.1, 0.15) is 0 Å². The van der Waals surface area contributed by atoms with Crippen molar-refractivity contribution >= 4 is 16.0 Å². The normalized spacial score (nSPS) is 14.2. The Kier molecular flexibility index (Phi) is 33.0. The van der Waals surface area contributed by atoms with E-state index in [1.165, 1.54) is 83.1 Å². The summed E-state index contributed by atoms with van der Waals surface area (Å²) < 4.78 is 32.4. The summed E-state index contributed by atoms with van der Waals surface area (Å²) in [5, 5.41) is 13.2. The average Bonchev–Trinajstić information content (AvgIpc) is 3.05. The first kappa shape index (κ1) is 45.8. The van der Waals surface area contributed by atoms with E-state index in [9.17, 15) is 22.9 Å². The lowest BCUT2D eigenvalue weighted by atomic mass is 10.0. The van der Waals surface area contributed by atoms with E-state index in [0.29, 0.717) is 6.42 Å². The maximum atomic E-state index is 12.5. The molecule has 7 heteroatoms. The van der Waals surface area contributed by atoms with Gasteiger partial charge < -0.3 is 10.4 Å². The fourth-order valence-electron chi connectivity index (χ4n) is 5.31. The minimum absolute atomic E-state index is 0.214. The van der Waals surface area contributed by atoms with Gasteiger partial charge in [-0.15, -0.1) is 0 Å². The first-order valence-electron chi connectivity index (χ1n) is 19.1. The summed E-state index contributed by atoms with van der Waals surface area (Å²) in [6.45, 7) is 4.39. The van der Waals surface area contributed by atoms with E-state index >= 15 is 0 Å². The summed E-state index contributed by atoms with van der Waals surface area (Å²) in [6.07, 6.45) is 48.9. The van der Waals surface area contributed by atoms with Crippen LogP contribution in [0.5, 0.6) is 0 Å². The van der Waals surface area contributed by atoms with Crippen LogP contribution >= 0.6 is 0 Å². The average molecular weight is 690 g/mol. The van der Waals surface area contributed by atoms with Gasteiger partial charge in [-0.2, -0.15) is 8.42 Å². The van der Waals surface area contributed by atoms with E-state index in [1.54, 1.807) is 0 Å². The number of aliphatic hydroxyl groups is 1. The van der Waals surface area contributed by atoms with Crippen molar-refractivity contribution in [3.8, 4) is 0 Å². The van der Waals surface area contributed by atoms with Crippen LogP contribution in [0.25, 0.3) is 0 Å². The van der Waals surface area contributed by atoms with Gasteiger partial charge in [-0.05, 0) is 57.8 Å². The molecule has 0 rings (SSSR count). The summed E-state index contributed by atoms with van der Waals surface area (Å²) in [5.74, 6) is -1.06. The van der Waals surface area contributed by atoms with Crippen LogP contribution in [0.1, 0.15) is 162 Å². The van der Waals surface area contributed by atoms with Crippen molar-refractivity contribution in [3.05, 3.63) is 72.9 Å². The summed E-state index contributed by atoms with van der Waals surface area (Å²) in [5.41, 5.74) is 0. The van der Waals surface area contributed by atoms with Gasteiger partial charge in [0.15, 0.2) is 0 Å². The van der Waals surface area contributed by atoms with Crippen LogP contribution in [0.2, 0.25) is 0 Å². The summed E-state index contributed by atoms with van der Waals surface area (Å²) in [6, 6.07) is -1.09. The number of hydrogen-bond donors (Lipinski definition) is 3. The number of unbranched alkanes of at least 4 members (excludes halogenated alkanes) is 15. The molecule has 1 amide bonds. The highest BCUT2D eigenvalue weighted by molar-refractivity contribution is 7.85. The van der Waals surface area contributed by atoms with Gasteiger partial charge in [0.2, 0.25) is 5.91 Å². The lowest BCUT2D eigenvalue weighted by molar-refractivity contribution is -0.122. The predicted octanol–water partition coefficient (Wildman–Crippen LogP) is 11.1. The molecule has 6 nitrogen and oxygen atoms in total. The molecule has 0 aliphatic rings. The zero-order valence-electron chi connectivity index (χ0n) is 30.6. The third-order valence-corrected chi connectivity index (χ3v) is 8.92. The fraction of sp³-hybridized carbons (Fsp3) is 0.683. The molecule has 0 saturated heterocycles. The number of rotatable bonds is 33. The molecule has 0 aliphatic carbocycles. The molecule has 0 fully saturated rings. The molecule has 0 radical (unpaired) electrons. The summed E-state index contributed by atoms with van der Waals surface area (Å²) in [7, 11) is -4.36. The van der Waals surface area contributed by atoms with E-state index in [1.807, 2.05) is 12.2 Å². The number of carbonyl (C=O) groups is 1. The quantitative estimate of drug-likeness (QED) is 0.0361. The molecule has 0 spiro atoms. The first-order valence-corrected chi connectivity index (χ1v) is 20.7. The highest BCUT2D eigenvalue weighted by Crippen LogP contribution is 2.14. The Hall–Kier alpha value is -2.22. The van der Waals surface area contributed by atoms with Gasteiger partial charge in [-0.25, -0.2) is 0 Å². The highest BCUT2D eigenvalue weighted by Gasteiger charge is 2.24. The number of carbonyl (C=O) groups excluding carboxylic acids is 1. The molecule has 3 N–H and O–H groups in total. The molecule has 276 valence electrons. The number of aliphatic hydroxyl groups excluding tert-OH is 1. The minimum atomic E-state index is -4.36. The van der Waals surface area contributed by atoms with Crippen LogP contribution in [-0.2, 0) is 14.9 Å². The van der Waals surface area contributed by atoms with Crippen LogP contribution in [0.15, 0.2) is 72.9 Å². The Morgan fingerprint density at radius 3 is 1.46 bits per heavy atom. The van der Waals surface area contributed by atoms with Crippen molar-refractivity contribution in [2.45, 2.75) is 174 Å². The van der Waals surface area contributed by atoms with Gasteiger partial charge in [-0.3, -0.25) is 9.35 Å². The Bertz CT molecular complexity index is 1030. The molecule has 48 heavy (non-hydrogen) atoms. The Labute approximate surface area is 295 Å². The van der Waals surface area contributed by atoms with E-state index < -0.39 is 28.0 Å². The molecule has 0 saturated carbocycles. The molecule has 0 heterocycles. The second kappa shape index (κ2) is 34.6. The Morgan fingerprint density at radius 1 is 0.583 bits per heavy atom. The number of nitrogens with one attached hydrogen (secondary N) is 1. The summed E-state index contributed by atoms with van der Waals surface area (Å²) >= 11 is 0. The fourth-order valence-corrected chi connectivity index (χ4v) is 6.04. The summed E-state index contributed by atoms with van der Waals surface area (Å²) in [4.78, 5) is 12.5. The lowest BCUT2D eigenvalue weighted by Gasteiger charge is -2.21. The van der Waals surface area contributed by atoms with Crippen molar-refractivity contribution in [1.29, 1.82) is 0 Å². The maximum absolute atomic E-state index is 12.5. The molecule has 0 bridgehead atoms. The van der Waals surface area contributed by atoms with Crippen LogP contribution < -0.4 is 5.32 Å². The van der Waals surface area contributed by atoms with E-state index in [0.717, 1.165) is 57.8 Å². The molecular weight excluding hydrogens is 619 g/mol. The number of hydrogen-bond acceptors (Lipinski definition) is 4. The molecule has 0 aromatic carbocycles. The van der Waals surface area contributed by atoms with Crippen molar-refractivity contribution in [3.63, 3.8) is 0 Å². The largest absolute Gasteiger partial charge is 0.387 e.